The Morgan fingerprint density at radius 3 is 2.78 bits per heavy atom. The molecule has 1 aliphatic heterocycles. The van der Waals surface area contributed by atoms with Gasteiger partial charge in [-0.1, -0.05) is 12.1 Å². The summed E-state index contributed by atoms with van der Waals surface area (Å²) in [5.41, 5.74) is 0.698. The molecule has 1 aromatic carbocycles. The van der Waals surface area contributed by atoms with E-state index in [2.05, 4.69) is 0 Å². The maximum absolute atomic E-state index is 13.4. The van der Waals surface area contributed by atoms with Gasteiger partial charge < -0.3 is 5.11 Å². The third-order valence-corrected chi connectivity index (χ3v) is 3.26. The van der Waals surface area contributed by atoms with Crippen molar-refractivity contribution in [3.8, 4) is 0 Å². The van der Waals surface area contributed by atoms with Crippen LogP contribution in [0.2, 0.25) is 0 Å². The Hall–Kier alpha value is -1.91. The summed E-state index contributed by atoms with van der Waals surface area (Å²) in [4.78, 5) is 24.2. The van der Waals surface area contributed by atoms with Gasteiger partial charge in [-0.05, 0) is 31.4 Å². The van der Waals surface area contributed by atoms with Crippen LogP contribution in [0.1, 0.15) is 28.8 Å². The lowest BCUT2D eigenvalue weighted by Gasteiger charge is -2.20. The lowest BCUT2D eigenvalue weighted by molar-refractivity contribution is 0.0844. The number of Topliss-reactive ketones (excluding diaryl/α,β-unsaturated/α-hetero) is 1. The van der Waals surface area contributed by atoms with Gasteiger partial charge in [0.05, 0.1) is 6.04 Å². The van der Waals surface area contributed by atoms with Crippen LogP contribution in [0.4, 0.5) is 9.18 Å². The molecule has 5 heteroatoms. The number of halogens is 1. The molecule has 0 aromatic heterocycles. The summed E-state index contributed by atoms with van der Waals surface area (Å²) in [5, 5.41) is 8.98. The van der Waals surface area contributed by atoms with Gasteiger partial charge in [-0.2, -0.15) is 0 Å². The number of carboxylic acid groups (broad SMARTS) is 1. The Kier molecular flexibility index (Phi) is 3.32. The number of hydrogen-bond donors (Lipinski definition) is 1. The fraction of sp³-hybridized carbons (Fsp3) is 0.385. The molecule has 4 nitrogen and oxygen atoms in total. The van der Waals surface area contributed by atoms with Crippen LogP contribution in [0.3, 0.4) is 0 Å². The number of ketones is 1. The molecule has 2 rings (SSSR count). The summed E-state index contributed by atoms with van der Waals surface area (Å²) >= 11 is 0. The van der Waals surface area contributed by atoms with Crippen LogP contribution in [-0.2, 0) is 0 Å². The number of carbonyl (C=O) groups is 2. The number of rotatable bonds is 2. The average Bonchev–Trinajstić information content (AvgIpc) is 2.81. The minimum Gasteiger partial charge on any atom is -0.465 e. The molecule has 1 saturated heterocycles. The molecule has 1 atom stereocenters. The van der Waals surface area contributed by atoms with E-state index in [4.69, 9.17) is 5.11 Å². The molecule has 1 heterocycles. The minimum absolute atomic E-state index is 0.233. The molecule has 1 aliphatic rings. The number of amides is 1. The van der Waals surface area contributed by atoms with E-state index in [1.807, 2.05) is 0 Å². The maximum Gasteiger partial charge on any atom is 0.407 e. The number of likely N-dealkylation sites (tertiary alicyclic amines) is 1. The zero-order chi connectivity index (χ0) is 13.3. The van der Waals surface area contributed by atoms with E-state index in [9.17, 15) is 14.0 Å². The van der Waals surface area contributed by atoms with Gasteiger partial charge in [0.15, 0.2) is 5.78 Å². The first-order chi connectivity index (χ1) is 8.50. The van der Waals surface area contributed by atoms with Gasteiger partial charge in [0.25, 0.3) is 0 Å². The predicted octanol–water partition coefficient (Wildman–Crippen LogP) is 2.46. The lowest BCUT2D eigenvalue weighted by atomic mass is 10.0. The molecule has 0 radical (unpaired) electrons. The number of carbonyl (C=O) groups excluding carboxylic acids is 1. The Bertz CT molecular complexity index is 501. The van der Waals surface area contributed by atoms with Crippen molar-refractivity contribution in [3.05, 3.63) is 35.1 Å². The Morgan fingerprint density at radius 1 is 1.44 bits per heavy atom. The fourth-order valence-corrected chi connectivity index (χ4v) is 2.21. The van der Waals surface area contributed by atoms with Crippen molar-refractivity contribution in [2.75, 3.05) is 6.54 Å². The summed E-state index contributed by atoms with van der Waals surface area (Å²) in [6, 6.07) is 3.57. The molecular weight excluding hydrogens is 237 g/mol. The molecule has 96 valence electrons. The van der Waals surface area contributed by atoms with Gasteiger partial charge in [-0.15, -0.1) is 0 Å². The first kappa shape index (κ1) is 12.5. The number of benzene rings is 1. The van der Waals surface area contributed by atoms with Crippen molar-refractivity contribution in [2.24, 2.45) is 0 Å². The van der Waals surface area contributed by atoms with Crippen molar-refractivity contribution >= 4 is 11.9 Å². The molecule has 0 bridgehead atoms. The summed E-state index contributed by atoms with van der Waals surface area (Å²) in [6.07, 6.45) is 0.0657. The highest BCUT2D eigenvalue weighted by Gasteiger charge is 2.34. The second-order valence-electron chi connectivity index (χ2n) is 4.46. The molecule has 1 amide bonds. The Labute approximate surface area is 104 Å². The topological polar surface area (TPSA) is 57.6 Å². The Morgan fingerprint density at radius 2 is 2.17 bits per heavy atom. The number of hydrogen-bond acceptors (Lipinski definition) is 2. The van der Waals surface area contributed by atoms with E-state index >= 15 is 0 Å². The monoisotopic (exact) mass is 251 g/mol. The summed E-state index contributed by atoms with van der Waals surface area (Å²) in [6.45, 7) is 1.97. The van der Waals surface area contributed by atoms with Gasteiger partial charge in [0, 0.05) is 12.1 Å². The zero-order valence-electron chi connectivity index (χ0n) is 10.0. The van der Waals surface area contributed by atoms with Crippen molar-refractivity contribution in [3.63, 3.8) is 0 Å². The average molecular weight is 251 g/mol. The fourth-order valence-electron chi connectivity index (χ4n) is 2.21. The molecule has 1 N–H and O–H groups in total. The van der Waals surface area contributed by atoms with Crippen LogP contribution < -0.4 is 0 Å². The van der Waals surface area contributed by atoms with Gasteiger partial charge in [-0.25, -0.2) is 9.18 Å². The van der Waals surface area contributed by atoms with Gasteiger partial charge in [0.2, 0.25) is 0 Å². The SMILES string of the molecule is Cc1ccc(C(=O)[C@@H]2CCCN2C(=O)O)cc1F. The molecule has 1 fully saturated rings. The van der Waals surface area contributed by atoms with Crippen LogP contribution >= 0.6 is 0 Å². The first-order valence-corrected chi connectivity index (χ1v) is 5.80. The van der Waals surface area contributed by atoms with E-state index < -0.39 is 18.0 Å². The summed E-state index contributed by atoms with van der Waals surface area (Å²) in [5.74, 6) is -0.769. The number of aryl methyl sites for hydroxylation is 1. The van der Waals surface area contributed by atoms with Crippen LogP contribution in [0.25, 0.3) is 0 Å². The van der Waals surface area contributed by atoms with Crippen molar-refractivity contribution < 1.29 is 19.1 Å². The quantitative estimate of drug-likeness (QED) is 0.821. The first-order valence-electron chi connectivity index (χ1n) is 5.80. The molecule has 1 aromatic rings. The second kappa shape index (κ2) is 4.76. The van der Waals surface area contributed by atoms with Crippen molar-refractivity contribution in [2.45, 2.75) is 25.8 Å². The normalized spacial score (nSPS) is 19.0. The van der Waals surface area contributed by atoms with E-state index in [0.717, 1.165) is 4.90 Å². The third-order valence-electron chi connectivity index (χ3n) is 3.26. The van der Waals surface area contributed by atoms with Gasteiger partial charge in [0.1, 0.15) is 5.82 Å². The molecular formula is C13H14FNO3. The highest BCUT2D eigenvalue weighted by Crippen LogP contribution is 2.22. The lowest BCUT2D eigenvalue weighted by Crippen LogP contribution is -2.39. The van der Waals surface area contributed by atoms with Gasteiger partial charge in [-0.3, -0.25) is 9.69 Å². The summed E-state index contributed by atoms with van der Waals surface area (Å²) < 4.78 is 13.4. The smallest absolute Gasteiger partial charge is 0.407 e. The molecule has 0 unspecified atom stereocenters. The van der Waals surface area contributed by atoms with Crippen LogP contribution in [-0.4, -0.2) is 34.5 Å². The van der Waals surface area contributed by atoms with Crippen LogP contribution in [0.5, 0.6) is 0 Å². The Balaban J connectivity index is 2.25. The molecule has 0 saturated carbocycles. The van der Waals surface area contributed by atoms with Crippen LogP contribution in [0.15, 0.2) is 18.2 Å². The molecule has 18 heavy (non-hydrogen) atoms. The largest absolute Gasteiger partial charge is 0.465 e. The van der Waals surface area contributed by atoms with Crippen LogP contribution in [0, 0.1) is 12.7 Å². The predicted molar refractivity (Wildman–Crippen MR) is 63.2 cm³/mol. The highest BCUT2D eigenvalue weighted by atomic mass is 19.1. The second-order valence-corrected chi connectivity index (χ2v) is 4.46. The van der Waals surface area contributed by atoms with E-state index in [1.165, 1.54) is 12.1 Å². The van der Waals surface area contributed by atoms with Gasteiger partial charge >= 0.3 is 6.09 Å². The van der Waals surface area contributed by atoms with Crippen molar-refractivity contribution in [1.82, 2.24) is 4.90 Å². The number of nitrogens with zero attached hydrogens (tertiary/aromatic N) is 1. The summed E-state index contributed by atoms with van der Waals surface area (Å²) in [7, 11) is 0. The van der Waals surface area contributed by atoms with Crippen molar-refractivity contribution in [1.29, 1.82) is 0 Å². The maximum atomic E-state index is 13.4. The molecule has 0 aliphatic carbocycles. The van der Waals surface area contributed by atoms with E-state index in [-0.39, 0.29) is 11.3 Å². The standard InChI is InChI=1S/C13H14FNO3/c1-8-4-5-9(7-10(8)14)12(16)11-3-2-6-15(11)13(17)18/h4-5,7,11H,2-3,6H2,1H3,(H,17,18)/t11-/m0/s1. The third kappa shape index (κ3) is 2.20. The highest BCUT2D eigenvalue weighted by molar-refractivity contribution is 6.01. The van der Waals surface area contributed by atoms with E-state index in [1.54, 1.807) is 13.0 Å². The van der Waals surface area contributed by atoms with E-state index in [0.29, 0.717) is 24.9 Å². The zero-order valence-corrected chi connectivity index (χ0v) is 10.0. The minimum atomic E-state index is -1.10. The molecule has 0 spiro atoms.